The molecule has 8 rings (SSSR count). The number of fused-ring (bicyclic) bond motifs is 2. The number of carbonyl (C=O) groups is 2. The Morgan fingerprint density at radius 2 is 0.792 bits per heavy atom. The first-order valence-corrected chi connectivity index (χ1v) is 15.8. The molecule has 0 saturated heterocycles. The molecule has 0 spiro atoms. The van der Waals surface area contributed by atoms with Gasteiger partial charge in [0.15, 0.2) is 23.1 Å². The van der Waals surface area contributed by atoms with Crippen molar-refractivity contribution < 1.29 is 14.3 Å². The molecule has 0 bridgehead atoms. The Labute approximate surface area is 279 Å². The third-order valence-electron chi connectivity index (χ3n) is 8.60. The molecule has 7 aromatic rings. The highest BCUT2D eigenvalue weighted by molar-refractivity contribution is 6.15. The van der Waals surface area contributed by atoms with Crippen molar-refractivity contribution in [2.24, 2.45) is 0 Å². The van der Waals surface area contributed by atoms with Gasteiger partial charge < -0.3 is 9.64 Å². The maximum Gasteiger partial charge on any atom is 0.193 e. The minimum Gasteiger partial charge on any atom is -0.453 e. The van der Waals surface area contributed by atoms with Gasteiger partial charge in [0, 0.05) is 27.9 Å². The maximum absolute atomic E-state index is 14.4. The summed E-state index contributed by atoms with van der Waals surface area (Å²) in [5, 5.41) is 0. The molecule has 7 aromatic carbocycles. The summed E-state index contributed by atoms with van der Waals surface area (Å²) in [6.45, 7) is 0. The Morgan fingerprint density at radius 1 is 0.375 bits per heavy atom. The van der Waals surface area contributed by atoms with Crippen molar-refractivity contribution in [2.75, 3.05) is 4.90 Å². The summed E-state index contributed by atoms with van der Waals surface area (Å²) in [5.41, 5.74) is 8.18. The average Bonchev–Trinajstić information content (AvgIpc) is 3.17. The monoisotopic (exact) mass is 619 g/mol. The van der Waals surface area contributed by atoms with E-state index in [2.05, 4.69) is 4.90 Å². The molecule has 1 aliphatic heterocycles. The van der Waals surface area contributed by atoms with Crippen molar-refractivity contribution in [1.29, 1.82) is 0 Å². The lowest BCUT2D eigenvalue weighted by atomic mass is 9.93. The number of rotatable bonds is 7. The van der Waals surface area contributed by atoms with Crippen LogP contribution in [0, 0.1) is 0 Å². The fraction of sp³-hybridized carbons (Fsp3) is 0. The Balaban J connectivity index is 1.28. The largest absolute Gasteiger partial charge is 0.453 e. The Bertz CT molecular complexity index is 2150. The van der Waals surface area contributed by atoms with Crippen LogP contribution in [0.4, 0.5) is 17.1 Å². The van der Waals surface area contributed by atoms with Gasteiger partial charge in [-0.15, -0.1) is 0 Å². The van der Waals surface area contributed by atoms with Crippen LogP contribution in [-0.4, -0.2) is 11.6 Å². The highest BCUT2D eigenvalue weighted by Gasteiger charge is 2.27. The molecular weight excluding hydrogens is 590 g/mol. The van der Waals surface area contributed by atoms with Gasteiger partial charge in [-0.25, -0.2) is 0 Å². The first-order valence-electron chi connectivity index (χ1n) is 15.8. The smallest absolute Gasteiger partial charge is 0.193 e. The van der Waals surface area contributed by atoms with Crippen LogP contribution in [0.3, 0.4) is 0 Å². The normalized spacial score (nSPS) is 11.6. The lowest BCUT2D eigenvalue weighted by Crippen LogP contribution is -2.17. The van der Waals surface area contributed by atoms with E-state index in [1.54, 1.807) is 6.07 Å². The lowest BCUT2D eigenvalue weighted by Gasteiger charge is -2.33. The van der Waals surface area contributed by atoms with Gasteiger partial charge in [0.05, 0.1) is 11.4 Å². The van der Waals surface area contributed by atoms with Crippen LogP contribution in [0.2, 0.25) is 0 Å². The molecule has 0 aromatic heterocycles. The molecule has 0 unspecified atom stereocenters. The molecule has 0 atom stereocenters. The molecule has 4 heteroatoms. The summed E-state index contributed by atoms with van der Waals surface area (Å²) in [4.78, 5) is 30.8. The van der Waals surface area contributed by atoms with Crippen molar-refractivity contribution in [3.05, 3.63) is 198 Å². The van der Waals surface area contributed by atoms with Crippen molar-refractivity contribution in [2.45, 2.75) is 0 Å². The fourth-order valence-electron chi connectivity index (χ4n) is 6.26. The second-order valence-corrected chi connectivity index (χ2v) is 11.7. The van der Waals surface area contributed by atoms with Gasteiger partial charge >= 0.3 is 0 Å². The zero-order valence-electron chi connectivity index (χ0n) is 25.9. The molecule has 228 valence electrons. The zero-order valence-corrected chi connectivity index (χ0v) is 25.9. The van der Waals surface area contributed by atoms with Gasteiger partial charge in [-0.2, -0.15) is 0 Å². The molecule has 0 saturated carbocycles. The SMILES string of the molecule is O=C(c1cccc(-c2ccccc2)c1)c1cc(C(=O)c2cccc(-c3ccccc3)c2)cc(N2c3ccccc3Oc3ccccc32)c1. The molecule has 1 aliphatic rings. The van der Waals surface area contributed by atoms with E-state index in [0.717, 1.165) is 33.6 Å². The molecule has 4 nitrogen and oxygen atoms in total. The number of ether oxygens (including phenoxy) is 1. The summed E-state index contributed by atoms with van der Waals surface area (Å²) in [5.74, 6) is 1.03. The van der Waals surface area contributed by atoms with Crippen molar-refractivity contribution in [3.8, 4) is 33.8 Å². The van der Waals surface area contributed by atoms with Crippen LogP contribution in [0.1, 0.15) is 31.8 Å². The van der Waals surface area contributed by atoms with Crippen LogP contribution >= 0.6 is 0 Å². The standard InChI is InChI=1S/C44H29NO3/c46-43(34-19-11-17-32(25-34)30-13-3-1-4-14-30)36-27-37(44(47)35-20-12-18-33(26-35)31-15-5-2-6-16-31)29-38(28-36)45-39-21-7-9-23-41(39)48-42-24-10-8-22-40(42)45/h1-29H. The van der Waals surface area contributed by atoms with Gasteiger partial charge in [0.1, 0.15) is 0 Å². The summed E-state index contributed by atoms with van der Waals surface area (Å²) < 4.78 is 6.26. The van der Waals surface area contributed by atoms with Gasteiger partial charge in [0.2, 0.25) is 0 Å². The molecule has 0 N–H and O–H groups in total. The summed E-state index contributed by atoms with van der Waals surface area (Å²) in [6.07, 6.45) is 0. The van der Waals surface area contributed by atoms with Gasteiger partial charge in [-0.05, 0) is 76.9 Å². The van der Waals surface area contributed by atoms with Crippen LogP contribution < -0.4 is 9.64 Å². The summed E-state index contributed by atoms with van der Waals surface area (Å²) >= 11 is 0. The topological polar surface area (TPSA) is 46.6 Å². The molecule has 0 amide bonds. The molecule has 0 aliphatic carbocycles. The van der Waals surface area contributed by atoms with Crippen molar-refractivity contribution >= 4 is 28.6 Å². The number of nitrogens with zero attached hydrogens (tertiary/aromatic N) is 1. The van der Waals surface area contributed by atoms with E-state index >= 15 is 0 Å². The second kappa shape index (κ2) is 12.3. The van der Waals surface area contributed by atoms with Gasteiger partial charge in [0.25, 0.3) is 0 Å². The van der Waals surface area contributed by atoms with E-state index in [9.17, 15) is 9.59 Å². The number of hydrogen-bond donors (Lipinski definition) is 0. The summed E-state index contributed by atoms with van der Waals surface area (Å²) in [6, 6.07) is 56.3. The van der Waals surface area contributed by atoms with E-state index in [-0.39, 0.29) is 11.6 Å². The molecule has 1 heterocycles. The number of ketones is 2. The van der Waals surface area contributed by atoms with E-state index in [0.29, 0.717) is 39.4 Å². The minimum absolute atomic E-state index is 0.170. The predicted octanol–water partition coefficient (Wildman–Crippen LogP) is 11.1. The van der Waals surface area contributed by atoms with Crippen molar-refractivity contribution in [1.82, 2.24) is 0 Å². The van der Waals surface area contributed by atoms with Gasteiger partial charge in [-0.3, -0.25) is 9.59 Å². The first kappa shape index (κ1) is 28.9. The van der Waals surface area contributed by atoms with Crippen LogP contribution in [0.25, 0.3) is 22.3 Å². The Kier molecular flexibility index (Phi) is 7.44. The van der Waals surface area contributed by atoms with E-state index in [4.69, 9.17) is 4.74 Å². The highest BCUT2D eigenvalue weighted by atomic mass is 16.5. The fourth-order valence-corrected chi connectivity index (χ4v) is 6.26. The highest BCUT2D eigenvalue weighted by Crippen LogP contribution is 2.50. The molecule has 0 fully saturated rings. The van der Waals surface area contributed by atoms with E-state index in [1.807, 2.05) is 170 Å². The number of carbonyl (C=O) groups excluding carboxylic acids is 2. The number of para-hydroxylation sites is 4. The zero-order chi connectivity index (χ0) is 32.5. The molecular formula is C44H29NO3. The number of anilines is 3. The quantitative estimate of drug-likeness (QED) is 0.167. The predicted molar refractivity (Wildman–Crippen MR) is 192 cm³/mol. The molecule has 48 heavy (non-hydrogen) atoms. The van der Waals surface area contributed by atoms with Crippen LogP contribution in [0.5, 0.6) is 11.5 Å². The average molecular weight is 620 g/mol. The van der Waals surface area contributed by atoms with E-state index in [1.165, 1.54) is 0 Å². The second-order valence-electron chi connectivity index (χ2n) is 11.7. The van der Waals surface area contributed by atoms with Crippen LogP contribution in [0.15, 0.2) is 176 Å². The minimum atomic E-state index is -0.170. The third kappa shape index (κ3) is 5.46. The third-order valence-corrected chi connectivity index (χ3v) is 8.60. The first-order chi connectivity index (χ1) is 23.6. The molecule has 0 radical (unpaired) electrons. The summed E-state index contributed by atoms with van der Waals surface area (Å²) in [7, 11) is 0. The number of benzene rings is 7. The number of hydrogen-bond acceptors (Lipinski definition) is 4. The lowest BCUT2D eigenvalue weighted by molar-refractivity contribution is 0.103. The van der Waals surface area contributed by atoms with Crippen molar-refractivity contribution in [3.63, 3.8) is 0 Å². The van der Waals surface area contributed by atoms with Gasteiger partial charge in [-0.1, -0.05) is 121 Å². The van der Waals surface area contributed by atoms with Crippen LogP contribution in [-0.2, 0) is 0 Å². The Hall–Kier alpha value is -6.52. The van der Waals surface area contributed by atoms with E-state index < -0.39 is 0 Å². The maximum atomic E-state index is 14.4. The Morgan fingerprint density at radius 3 is 1.27 bits per heavy atom.